The summed E-state index contributed by atoms with van der Waals surface area (Å²) in [7, 11) is 0. The van der Waals surface area contributed by atoms with Gasteiger partial charge < -0.3 is 19.2 Å². The molecular weight excluding hydrogens is 414 g/mol. The van der Waals surface area contributed by atoms with Crippen LogP contribution >= 0.6 is 11.8 Å². The van der Waals surface area contributed by atoms with Crippen LogP contribution in [0.3, 0.4) is 0 Å². The zero-order chi connectivity index (χ0) is 21.4. The molecule has 160 valence electrons. The second-order valence-corrected chi connectivity index (χ2v) is 8.92. The highest BCUT2D eigenvalue weighted by atomic mass is 32.2. The van der Waals surface area contributed by atoms with Crippen molar-refractivity contribution in [1.29, 1.82) is 0 Å². The lowest BCUT2D eigenvalue weighted by molar-refractivity contribution is -0.113. The van der Waals surface area contributed by atoms with Crippen LogP contribution in [0.5, 0.6) is 11.5 Å². The van der Waals surface area contributed by atoms with Crippen LogP contribution in [-0.2, 0) is 4.79 Å². The van der Waals surface area contributed by atoms with Gasteiger partial charge in [0.05, 0.1) is 5.75 Å². The van der Waals surface area contributed by atoms with E-state index in [9.17, 15) is 4.79 Å². The molecule has 1 saturated carbocycles. The Morgan fingerprint density at radius 3 is 2.65 bits per heavy atom. The normalized spacial score (nSPS) is 16.1. The number of hydrogen-bond donors (Lipinski definition) is 1. The van der Waals surface area contributed by atoms with Crippen molar-refractivity contribution in [2.45, 2.75) is 50.5 Å². The smallest absolute Gasteiger partial charge is 0.277 e. The number of ether oxygens (including phenoxy) is 2. The number of aromatic nitrogens is 2. The summed E-state index contributed by atoms with van der Waals surface area (Å²) in [6, 6.07) is 11.5. The highest BCUT2D eigenvalue weighted by Crippen LogP contribution is 2.47. The van der Waals surface area contributed by atoms with E-state index in [2.05, 4.69) is 22.4 Å². The molecule has 1 N–H and O–H groups in total. The van der Waals surface area contributed by atoms with E-state index < -0.39 is 5.79 Å². The Hall–Kier alpha value is -3.00. The average molecular weight is 438 g/mol. The first kappa shape index (κ1) is 19.9. The standard InChI is InChI=1S/C23H23N3O4S/c1-14-5-6-16(11-15(14)2)21-25-26-22(28-21)31-13-20(27)24-17-7-8-18-19(12-17)30-23(29-18)9-3-4-10-23/h5-8,11-12H,3-4,9-10,13H2,1-2H3,(H,24,27). The van der Waals surface area contributed by atoms with Crippen molar-refractivity contribution in [3.05, 3.63) is 47.5 Å². The summed E-state index contributed by atoms with van der Waals surface area (Å²) in [5.74, 6) is 1.36. The molecule has 0 bridgehead atoms. The summed E-state index contributed by atoms with van der Waals surface area (Å²) < 4.78 is 17.8. The number of hydrogen-bond acceptors (Lipinski definition) is 7. The lowest BCUT2D eigenvalue weighted by Crippen LogP contribution is -2.34. The Balaban J connectivity index is 1.18. The number of rotatable bonds is 5. The first-order chi connectivity index (χ1) is 15.0. The molecule has 2 heterocycles. The van der Waals surface area contributed by atoms with E-state index in [4.69, 9.17) is 13.9 Å². The molecule has 5 rings (SSSR count). The molecule has 0 radical (unpaired) electrons. The lowest BCUT2D eigenvalue weighted by atomic mass is 10.1. The number of carbonyl (C=O) groups is 1. The minimum Gasteiger partial charge on any atom is -0.448 e. The van der Waals surface area contributed by atoms with E-state index in [1.807, 2.05) is 43.3 Å². The van der Waals surface area contributed by atoms with Crippen LogP contribution in [0.4, 0.5) is 5.69 Å². The molecule has 0 atom stereocenters. The molecule has 1 aliphatic carbocycles. The van der Waals surface area contributed by atoms with Gasteiger partial charge in [-0.1, -0.05) is 17.8 Å². The quantitative estimate of drug-likeness (QED) is 0.554. The zero-order valence-electron chi connectivity index (χ0n) is 17.4. The molecule has 2 aliphatic rings. The Morgan fingerprint density at radius 1 is 1.03 bits per heavy atom. The molecule has 1 aliphatic heterocycles. The van der Waals surface area contributed by atoms with Crippen LogP contribution in [0.1, 0.15) is 36.8 Å². The van der Waals surface area contributed by atoms with Crippen molar-refractivity contribution in [2.24, 2.45) is 0 Å². The molecule has 0 unspecified atom stereocenters. The predicted molar refractivity (Wildman–Crippen MR) is 117 cm³/mol. The number of carbonyl (C=O) groups excluding carboxylic acids is 1. The SMILES string of the molecule is Cc1ccc(-c2nnc(SCC(=O)Nc3ccc4c(c3)OC3(CCCC3)O4)o2)cc1C. The number of amides is 1. The number of thioether (sulfide) groups is 1. The molecule has 1 spiro atoms. The third kappa shape index (κ3) is 4.12. The van der Waals surface area contributed by atoms with Crippen LogP contribution in [-0.4, -0.2) is 27.6 Å². The fourth-order valence-electron chi connectivity index (χ4n) is 3.87. The molecule has 1 amide bonds. The number of aryl methyl sites for hydroxylation is 2. The van der Waals surface area contributed by atoms with E-state index in [1.54, 1.807) is 0 Å². The summed E-state index contributed by atoms with van der Waals surface area (Å²) >= 11 is 1.20. The fourth-order valence-corrected chi connectivity index (χ4v) is 4.44. The van der Waals surface area contributed by atoms with Gasteiger partial charge >= 0.3 is 0 Å². The van der Waals surface area contributed by atoms with Crippen molar-refractivity contribution < 1.29 is 18.7 Å². The summed E-state index contributed by atoms with van der Waals surface area (Å²) in [5.41, 5.74) is 3.90. The Labute approximate surface area is 184 Å². The lowest BCUT2D eigenvalue weighted by Gasteiger charge is -2.21. The maximum absolute atomic E-state index is 12.4. The summed E-state index contributed by atoms with van der Waals surface area (Å²) in [4.78, 5) is 12.4. The first-order valence-corrected chi connectivity index (χ1v) is 11.3. The van der Waals surface area contributed by atoms with Crippen LogP contribution in [0, 0.1) is 13.8 Å². The van der Waals surface area contributed by atoms with Gasteiger partial charge in [0.2, 0.25) is 11.8 Å². The molecule has 7 nitrogen and oxygen atoms in total. The van der Waals surface area contributed by atoms with Crippen LogP contribution < -0.4 is 14.8 Å². The number of nitrogens with zero attached hydrogens (tertiary/aromatic N) is 2. The van der Waals surface area contributed by atoms with E-state index in [0.717, 1.165) is 42.6 Å². The molecular formula is C23H23N3O4S. The summed E-state index contributed by atoms with van der Waals surface area (Å²) in [6.45, 7) is 4.10. The van der Waals surface area contributed by atoms with Gasteiger partial charge in [0.15, 0.2) is 11.5 Å². The molecule has 8 heteroatoms. The molecule has 31 heavy (non-hydrogen) atoms. The zero-order valence-corrected chi connectivity index (χ0v) is 18.3. The number of fused-ring (bicyclic) bond motifs is 1. The van der Waals surface area contributed by atoms with Gasteiger partial charge in [0.1, 0.15) is 0 Å². The van der Waals surface area contributed by atoms with Crippen LogP contribution in [0.15, 0.2) is 46.0 Å². The highest BCUT2D eigenvalue weighted by Gasteiger charge is 2.44. The molecule has 1 aromatic heterocycles. The van der Waals surface area contributed by atoms with Gasteiger partial charge in [-0.2, -0.15) is 0 Å². The first-order valence-electron chi connectivity index (χ1n) is 10.4. The average Bonchev–Trinajstić information content (AvgIpc) is 3.48. The van der Waals surface area contributed by atoms with Gasteiger partial charge in [0, 0.05) is 30.2 Å². The Bertz CT molecular complexity index is 1140. The van der Waals surface area contributed by atoms with Gasteiger partial charge in [-0.3, -0.25) is 4.79 Å². The molecule has 1 fully saturated rings. The van der Waals surface area contributed by atoms with Gasteiger partial charge in [-0.05, 0) is 62.1 Å². The molecule has 3 aromatic rings. The Kier molecular flexibility index (Phi) is 5.09. The van der Waals surface area contributed by atoms with E-state index in [1.165, 1.54) is 17.3 Å². The van der Waals surface area contributed by atoms with E-state index in [-0.39, 0.29) is 11.7 Å². The number of benzene rings is 2. The topological polar surface area (TPSA) is 86.5 Å². The van der Waals surface area contributed by atoms with Gasteiger partial charge in [-0.25, -0.2) is 0 Å². The number of nitrogens with one attached hydrogen (secondary N) is 1. The van der Waals surface area contributed by atoms with Crippen molar-refractivity contribution in [3.8, 4) is 23.0 Å². The second kappa shape index (κ2) is 7.92. The maximum Gasteiger partial charge on any atom is 0.277 e. The fraction of sp³-hybridized carbons (Fsp3) is 0.348. The van der Waals surface area contributed by atoms with Crippen molar-refractivity contribution >= 4 is 23.4 Å². The third-order valence-electron chi connectivity index (χ3n) is 5.67. The van der Waals surface area contributed by atoms with Crippen molar-refractivity contribution in [2.75, 3.05) is 11.1 Å². The third-order valence-corrected chi connectivity index (χ3v) is 6.49. The monoisotopic (exact) mass is 437 g/mol. The van der Waals surface area contributed by atoms with Gasteiger partial charge in [0.25, 0.3) is 11.0 Å². The van der Waals surface area contributed by atoms with Crippen molar-refractivity contribution in [1.82, 2.24) is 10.2 Å². The summed E-state index contributed by atoms with van der Waals surface area (Å²) in [5, 5.41) is 11.4. The van der Waals surface area contributed by atoms with Crippen LogP contribution in [0.25, 0.3) is 11.5 Å². The summed E-state index contributed by atoms with van der Waals surface area (Å²) in [6.07, 6.45) is 4.01. The largest absolute Gasteiger partial charge is 0.448 e. The second-order valence-electron chi connectivity index (χ2n) is 7.99. The highest BCUT2D eigenvalue weighted by molar-refractivity contribution is 7.99. The minimum atomic E-state index is -0.507. The number of anilines is 1. The molecule has 0 saturated heterocycles. The van der Waals surface area contributed by atoms with Crippen LogP contribution in [0.2, 0.25) is 0 Å². The Morgan fingerprint density at radius 2 is 1.84 bits per heavy atom. The predicted octanol–water partition coefficient (Wildman–Crippen LogP) is 5.13. The van der Waals surface area contributed by atoms with Crippen molar-refractivity contribution in [3.63, 3.8) is 0 Å². The molecule has 2 aromatic carbocycles. The van der Waals surface area contributed by atoms with E-state index in [0.29, 0.717) is 22.6 Å². The minimum absolute atomic E-state index is 0.160. The van der Waals surface area contributed by atoms with E-state index >= 15 is 0 Å². The van der Waals surface area contributed by atoms with Gasteiger partial charge in [-0.15, -0.1) is 10.2 Å². The maximum atomic E-state index is 12.4.